The molecule has 130 valence electrons. The fourth-order valence-corrected chi connectivity index (χ4v) is 3.28. The van der Waals surface area contributed by atoms with Gasteiger partial charge >= 0.3 is 6.01 Å². The van der Waals surface area contributed by atoms with Gasteiger partial charge in [0.25, 0.3) is 0 Å². The number of benzene rings is 1. The number of rotatable bonds is 8. The van der Waals surface area contributed by atoms with Gasteiger partial charge < -0.3 is 14.8 Å². The zero-order valence-corrected chi connectivity index (χ0v) is 15.1. The summed E-state index contributed by atoms with van der Waals surface area (Å²) >= 11 is 1.72. The molecule has 0 radical (unpaired) electrons. The van der Waals surface area contributed by atoms with Gasteiger partial charge in [-0.25, -0.2) is 9.97 Å². The Balaban J connectivity index is 1.79. The molecular weight excluding hydrogens is 334 g/mol. The monoisotopic (exact) mass is 355 g/mol. The number of nitrogens with zero attached hydrogens (tertiary/aromatic N) is 2. The van der Waals surface area contributed by atoms with Crippen LogP contribution in [0.15, 0.2) is 54.2 Å². The van der Waals surface area contributed by atoms with Crippen LogP contribution in [-0.2, 0) is 0 Å². The van der Waals surface area contributed by atoms with Crippen LogP contribution in [0.4, 0.5) is 0 Å². The summed E-state index contributed by atoms with van der Waals surface area (Å²) in [4.78, 5) is 9.56. The number of nitrogens with one attached hydrogen (secondary N) is 1. The zero-order valence-electron chi connectivity index (χ0n) is 14.3. The summed E-state index contributed by atoms with van der Waals surface area (Å²) in [5.41, 5.74) is 1.94. The average molecular weight is 355 g/mol. The molecule has 0 saturated carbocycles. The van der Waals surface area contributed by atoms with Crippen molar-refractivity contribution in [3.63, 3.8) is 0 Å². The van der Waals surface area contributed by atoms with Crippen molar-refractivity contribution < 1.29 is 9.47 Å². The molecule has 0 aliphatic heterocycles. The number of hydrogen-bond acceptors (Lipinski definition) is 6. The van der Waals surface area contributed by atoms with Crippen molar-refractivity contribution >= 4 is 11.3 Å². The second kappa shape index (κ2) is 8.60. The summed E-state index contributed by atoms with van der Waals surface area (Å²) in [6.45, 7) is 0.897. The van der Waals surface area contributed by atoms with Crippen LogP contribution in [0, 0.1) is 0 Å². The van der Waals surface area contributed by atoms with Crippen molar-refractivity contribution in [1.82, 2.24) is 15.3 Å². The SMILES string of the molecule is CNCCC(Oc1cccc(-c2cnc(OC)nc2)c1)c1cccs1. The standard InChI is InChI=1S/C19H21N3O2S/c1-20-9-8-17(18-7-4-10-25-18)24-16-6-3-5-14(11-16)15-12-21-19(23-2)22-13-15/h3-7,10-13,17,20H,8-9H2,1-2H3. The minimum atomic E-state index is 0.0369. The minimum absolute atomic E-state index is 0.0369. The second-order valence-corrected chi connectivity index (χ2v) is 6.48. The molecule has 1 N–H and O–H groups in total. The van der Waals surface area contributed by atoms with Gasteiger partial charge in [0, 0.05) is 29.3 Å². The summed E-state index contributed by atoms with van der Waals surface area (Å²) in [7, 11) is 3.51. The van der Waals surface area contributed by atoms with Crippen LogP contribution in [0.3, 0.4) is 0 Å². The Morgan fingerprint density at radius 2 is 1.96 bits per heavy atom. The van der Waals surface area contributed by atoms with E-state index in [1.54, 1.807) is 30.8 Å². The molecule has 0 saturated heterocycles. The number of ether oxygens (including phenoxy) is 2. The Hall–Kier alpha value is -2.44. The van der Waals surface area contributed by atoms with Gasteiger partial charge in [-0.2, -0.15) is 0 Å². The third kappa shape index (κ3) is 4.55. The van der Waals surface area contributed by atoms with E-state index in [1.165, 1.54) is 4.88 Å². The van der Waals surface area contributed by atoms with Gasteiger partial charge in [0.05, 0.1) is 7.11 Å². The van der Waals surface area contributed by atoms with Crippen molar-refractivity contribution in [2.45, 2.75) is 12.5 Å². The lowest BCUT2D eigenvalue weighted by atomic mass is 10.1. The Morgan fingerprint density at radius 1 is 1.12 bits per heavy atom. The third-order valence-electron chi connectivity index (χ3n) is 3.77. The first-order valence-corrected chi connectivity index (χ1v) is 8.99. The first kappa shape index (κ1) is 17.4. The van der Waals surface area contributed by atoms with Crippen molar-refractivity contribution in [2.24, 2.45) is 0 Å². The van der Waals surface area contributed by atoms with Gasteiger partial charge in [-0.15, -0.1) is 11.3 Å². The summed E-state index contributed by atoms with van der Waals surface area (Å²) in [6, 6.07) is 12.5. The molecule has 1 unspecified atom stereocenters. The predicted molar refractivity (Wildman–Crippen MR) is 100 cm³/mol. The molecule has 3 rings (SSSR count). The van der Waals surface area contributed by atoms with Crippen LogP contribution in [0.5, 0.6) is 11.8 Å². The summed E-state index contributed by atoms with van der Waals surface area (Å²) in [6.07, 6.45) is 4.45. The number of methoxy groups -OCH3 is 1. The van der Waals surface area contributed by atoms with Crippen LogP contribution in [-0.4, -0.2) is 30.7 Å². The third-order valence-corrected chi connectivity index (χ3v) is 4.74. The highest BCUT2D eigenvalue weighted by atomic mass is 32.1. The first-order chi connectivity index (χ1) is 12.3. The molecule has 1 aromatic carbocycles. The number of hydrogen-bond donors (Lipinski definition) is 1. The topological polar surface area (TPSA) is 56.3 Å². The normalized spacial score (nSPS) is 11.9. The van der Waals surface area contributed by atoms with Gasteiger partial charge in [-0.05, 0) is 42.7 Å². The Morgan fingerprint density at radius 3 is 2.64 bits per heavy atom. The maximum Gasteiger partial charge on any atom is 0.316 e. The average Bonchev–Trinajstić information content (AvgIpc) is 3.20. The van der Waals surface area contributed by atoms with Crippen LogP contribution in [0.25, 0.3) is 11.1 Å². The van der Waals surface area contributed by atoms with E-state index >= 15 is 0 Å². The molecule has 5 nitrogen and oxygen atoms in total. The molecule has 0 aliphatic rings. The van der Waals surface area contributed by atoms with E-state index in [4.69, 9.17) is 9.47 Å². The van der Waals surface area contributed by atoms with E-state index < -0.39 is 0 Å². The molecule has 0 bridgehead atoms. The molecule has 25 heavy (non-hydrogen) atoms. The van der Waals surface area contributed by atoms with E-state index in [2.05, 4.69) is 32.8 Å². The van der Waals surface area contributed by atoms with Gasteiger partial charge in [0.2, 0.25) is 0 Å². The van der Waals surface area contributed by atoms with Crippen molar-refractivity contribution in [3.05, 3.63) is 59.0 Å². The molecule has 6 heteroatoms. The zero-order chi connectivity index (χ0) is 17.5. The van der Waals surface area contributed by atoms with Crippen molar-refractivity contribution in [1.29, 1.82) is 0 Å². The maximum absolute atomic E-state index is 6.27. The van der Waals surface area contributed by atoms with Crippen LogP contribution >= 0.6 is 11.3 Å². The molecular formula is C19H21N3O2S. The van der Waals surface area contributed by atoms with Gasteiger partial charge in [0.1, 0.15) is 11.9 Å². The van der Waals surface area contributed by atoms with E-state index in [1.807, 2.05) is 31.3 Å². The van der Waals surface area contributed by atoms with Gasteiger partial charge in [-0.1, -0.05) is 18.2 Å². The Labute approximate surface area is 151 Å². The molecule has 1 atom stereocenters. The molecule has 2 aromatic heterocycles. The lowest BCUT2D eigenvalue weighted by Crippen LogP contribution is -2.15. The largest absolute Gasteiger partial charge is 0.485 e. The second-order valence-electron chi connectivity index (χ2n) is 5.50. The smallest absolute Gasteiger partial charge is 0.316 e. The van der Waals surface area contributed by atoms with E-state index in [-0.39, 0.29) is 6.10 Å². The maximum atomic E-state index is 6.27. The lowest BCUT2D eigenvalue weighted by Gasteiger charge is -2.18. The van der Waals surface area contributed by atoms with Crippen LogP contribution in [0.2, 0.25) is 0 Å². The number of thiophene rings is 1. The summed E-state index contributed by atoms with van der Waals surface area (Å²) < 4.78 is 11.3. The molecule has 0 amide bonds. The van der Waals surface area contributed by atoms with Crippen molar-refractivity contribution in [2.75, 3.05) is 20.7 Å². The molecule has 3 aromatic rings. The molecule has 0 aliphatic carbocycles. The highest BCUT2D eigenvalue weighted by Crippen LogP contribution is 2.30. The summed E-state index contributed by atoms with van der Waals surface area (Å²) in [5, 5.41) is 5.27. The number of aromatic nitrogens is 2. The fourth-order valence-electron chi connectivity index (χ4n) is 2.49. The van der Waals surface area contributed by atoms with Crippen molar-refractivity contribution in [3.8, 4) is 22.9 Å². The van der Waals surface area contributed by atoms with Gasteiger partial charge in [-0.3, -0.25) is 0 Å². The molecule has 0 fully saturated rings. The Bertz CT molecular complexity index is 776. The highest BCUT2D eigenvalue weighted by molar-refractivity contribution is 7.10. The summed E-state index contributed by atoms with van der Waals surface area (Å²) in [5.74, 6) is 0.836. The minimum Gasteiger partial charge on any atom is -0.485 e. The van der Waals surface area contributed by atoms with E-state index in [9.17, 15) is 0 Å². The first-order valence-electron chi connectivity index (χ1n) is 8.11. The highest BCUT2D eigenvalue weighted by Gasteiger charge is 2.14. The van der Waals surface area contributed by atoms with E-state index in [0.717, 1.165) is 29.8 Å². The van der Waals surface area contributed by atoms with Gasteiger partial charge in [0.15, 0.2) is 0 Å². The van der Waals surface area contributed by atoms with Crippen LogP contribution < -0.4 is 14.8 Å². The van der Waals surface area contributed by atoms with E-state index in [0.29, 0.717) is 6.01 Å². The lowest BCUT2D eigenvalue weighted by molar-refractivity contribution is 0.199. The predicted octanol–water partition coefficient (Wildman–Crippen LogP) is 3.94. The Kier molecular flexibility index (Phi) is 5.98. The van der Waals surface area contributed by atoms with Crippen LogP contribution in [0.1, 0.15) is 17.4 Å². The fraction of sp³-hybridized carbons (Fsp3) is 0.263. The quantitative estimate of drug-likeness (QED) is 0.663. The molecule has 2 heterocycles. The molecule has 0 spiro atoms.